The Kier molecular flexibility index (Phi) is 6.13. The minimum Gasteiger partial charge on any atom is -0.377 e. The molecule has 7 nitrogen and oxygen atoms in total. The zero-order valence-electron chi connectivity index (χ0n) is 16.9. The van der Waals surface area contributed by atoms with E-state index >= 15 is 0 Å². The molecule has 0 aromatic carbocycles. The Balaban J connectivity index is 1.53. The first-order chi connectivity index (χ1) is 13.7. The van der Waals surface area contributed by atoms with Crippen LogP contribution in [0.1, 0.15) is 42.5 Å². The number of carbonyl (C=O) groups is 1. The summed E-state index contributed by atoms with van der Waals surface area (Å²) in [5.41, 5.74) is 0.234. The van der Waals surface area contributed by atoms with Crippen molar-refractivity contribution in [3.8, 4) is 0 Å². The molecule has 0 radical (unpaired) electrons. The third-order valence-electron chi connectivity index (χ3n) is 6.24. The van der Waals surface area contributed by atoms with Crippen LogP contribution in [0.3, 0.4) is 0 Å². The largest absolute Gasteiger partial charge is 0.377 e. The number of morpholine rings is 1. The molecule has 2 saturated heterocycles. The van der Waals surface area contributed by atoms with Gasteiger partial charge < -0.3 is 24.6 Å². The van der Waals surface area contributed by atoms with Crippen LogP contribution in [0.15, 0.2) is 18.3 Å². The summed E-state index contributed by atoms with van der Waals surface area (Å²) in [5, 5.41) is 3.37. The first-order valence-electron chi connectivity index (χ1n) is 10.6. The van der Waals surface area contributed by atoms with Gasteiger partial charge in [-0.15, -0.1) is 0 Å². The van der Waals surface area contributed by atoms with Crippen LogP contribution in [0, 0.1) is 0 Å². The standard InChI is InChI=1S/C21H32N4O3/c1-24(17-6-3-2-4-7-17)19-18(8-5-9-23-19)20(26)25-11-13-28-21(15-25)14-22-10-12-27-16-21/h5,8-9,17,22H,2-4,6-7,10-16H2,1H3. The highest BCUT2D eigenvalue weighted by molar-refractivity contribution is 5.99. The van der Waals surface area contributed by atoms with Gasteiger partial charge in [-0.1, -0.05) is 19.3 Å². The van der Waals surface area contributed by atoms with Gasteiger partial charge in [-0.3, -0.25) is 4.79 Å². The number of pyridine rings is 1. The van der Waals surface area contributed by atoms with Crippen LogP contribution in [0.2, 0.25) is 0 Å². The number of ether oxygens (including phenoxy) is 2. The van der Waals surface area contributed by atoms with Crippen molar-refractivity contribution >= 4 is 11.7 Å². The number of hydrogen-bond donors (Lipinski definition) is 1. The fraction of sp³-hybridized carbons (Fsp3) is 0.714. The second-order valence-corrected chi connectivity index (χ2v) is 8.26. The Morgan fingerprint density at radius 3 is 3.04 bits per heavy atom. The molecule has 3 fully saturated rings. The molecule has 1 aromatic heterocycles. The van der Waals surface area contributed by atoms with Gasteiger partial charge in [0.25, 0.3) is 5.91 Å². The maximum atomic E-state index is 13.5. The van der Waals surface area contributed by atoms with Crippen molar-refractivity contribution in [1.29, 1.82) is 0 Å². The van der Waals surface area contributed by atoms with Crippen molar-refractivity contribution in [3.63, 3.8) is 0 Å². The van der Waals surface area contributed by atoms with E-state index in [-0.39, 0.29) is 5.91 Å². The molecule has 28 heavy (non-hydrogen) atoms. The van der Waals surface area contributed by atoms with Crippen molar-refractivity contribution in [2.45, 2.75) is 43.7 Å². The van der Waals surface area contributed by atoms with E-state index < -0.39 is 5.60 Å². The van der Waals surface area contributed by atoms with Gasteiger partial charge in [0.15, 0.2) is 0 Å². The second kappa shape index (κ2) is 8.76. The predicted molar refractivity (Wildman–Crippen MR) is 108 cm³/mol. The van der Waals surface area contributed by atoms with E-state index in [4.69, 9.17) is 9.47 Å². The molecule has 154 valence electrons. The van der Waals surface area contributed by atoms with Gasteiger partial charge in [0.1, 0.15) is 11.4 Å². The Morgan fingerprint density at radius 2 is 2.18 bits per heavy atom. The third kappa shape index (κ3) is 4.16. The summed E-state index contributed by atoms with van der Waals surface area (Å²) in [6.07, 6.45) is 7.95. The van der Waals surface area contributed by atoms with Crippen molar-refractivity contribution < 1.29 is 14.3 Å². The van der Waals surface area contributed by atoms with Crippen LogP contribution in [0.25, 0.3) is 0 Å². The average molecular weight is 389 g/mol. The van der Waals surface area contributed by atoms with E-state index in [0.717, 1.165) is 12.4 Å². The number of aromatic nitrogens is 1. The molecule has 1 amide bonds. The summed E-state index contributed by atoms with van der Waals surface area (Å²) < 4.78 is 11.8. The molecule has 3 aliphatic rings. The van der Waals surface area contributed by atoms with Crippen LogP contribution in [-0.4, -0.2) is 80.5 Å². The highest BCUT2D eigenvalue weighted by atomic mass is 16.5. The van der Waals surface area contributed by atoms with Crippen LogP contribution in [-0.2, 0) is 9.47 Å². The smallest absolute Gasteiger partial charge is 0.257 e. The summed E-state index contributed by atoms with van der Waals surface area (Å²) in [7, 11) is 2.08. The Hall–Kier alpha value is -1.70. The summed E-state index contributed by atoms with van der Waals surface area (Å²) in [6.45, 7) is 4.40. The molecule has 1 saturated carbocycles. The molecular formula is C21H32N4O3. The zero-order valence-corrected chi connectivity index (χ0v) is 16.9. The lowest BCUT2D eigenvalue weighted by atomic mass is 9.94. The number of anilines is 1. The maximum Gasteiger partial charge on any atom is 0.257 e. The number of hydrogen-bond acceptors (Lipinski definition) is 6. The molecule has 1 aromatic rings. The van der Waals surface area contributed by atoms with Gasteiger partial charge in [-0.2, -0.15) is 0 Å². The zero-order chi connectivity index (χ0) is 19.4. The van der Waals surface area contributed by atoms with E-state index in [0.29, 0.717) is 51.1 Å². The molecule has 1 spiro atoms. The fourth-order valence-corrected chi connectivity index (χ4v) is 4.64. The van der Waals surface area contributed by atoms with Gasteiger partial charge in [-0.25, -0.2) is 4.98 Å². The molecule has 0 bridgehead atoms. The van der Waals surface area contributed by atoms with E-state index in [1.807, 2.05) is 17.0 Å². The SMILES string of the molecule is CN(c1ncccc1C(=O)N1CCOC2(CNCCOC2)C1)C1CCCCC1. The summed E-state index contributed by atoms with van der Waals surface area (Å²) in [5.74, 6) is 0.841. The van der Waals surface area contributed by atoms with Gasteiger partial charge in [0.2, 0.25) is 0 Å². The van der Waals surface area contributed by atoms with Gasteiger partial charge >= 0.3 is 0 Å². The van der Waals surface area contributed by atoms with Crippen molar-refractivity contribution in [2.75, 3.05) is 57.9 Å². The van der Waals surface area contributed by atoms with Gasteiger partial charge in [0, 0.05) is 38.9 Å². The molecular weight excluding hydrogens is 356 g/mol. The first-order valence-corrected chi connectivity index (χ1v) is 10.6. The predicted octanol–water partition coefficient (Wildman–Crippen LogP) is 1.68. The number of amides is 1. The van der Waals surface area contributed by atoms with Crippen molar-refractivity contribution in [2.24, 2.45) is 0 Å². The molecule has 4 rings (SSSR count). The lowest BCUT2D eigenvalue weighted by Gasteiger charge is -2.42. The minimum atomic E-state index is -0.456. The van der Waals surface area contributed by atoms with Crippen LogP contribution in [0.4, 0.5) is 5.82 Å². The summed E-state index contributed by atoms with van der Waals surface area (Å²) >= 11 is 0. The maximum absolute atomic E-state index is 13.5. The number of nitrogens with zero attached hydrogens (tertiary/aromatic N) is 3. The molecule has 7 heteroatoms. The Labute approximate surface area is 167 Å². The lowest BCUT2D eigenvalue weighted by Crippen LogP contribution is -2.59. The van der Waals surface area contributed by atoms with E-state index in [2.05, 4.69) is 22.2 Å². The third-order valence-corrected chi connectivity index (χ3v) is 6.24. The van der Waals surface area contributed by atoms with Gasteiger partial charge in [-0.05, 0) is 25.0 Å². The van der Waals surface area contributed by atoms with E-state index in [1.165, 1.54) is 32.1 Å². The minimum absolute atomic E-state index is 0.0395. The molecule has 1 N–H and O–H groups in total. The average Bonchev–Trinajstić information content (AvgIpc) is 2.98. The lowest BCUT2D eigenvalue weighted by molar-refractivity contribution is -0.125. The number of carbonyl (C=O) groups excluding carboxylic acids is 1. The Bertz CT molecular complexity index is 669. The van der Waals surface area contributed by atoms with Crippen molar-refractivity contribution in [3.05, 3.63) is 23.9 Å². The fourth-order valence-electron chi connectivity index (χ4n) is 4.64. The first kappa shape index (κ1) is 19.6. The van der Waals surface area contributed by atoms with Crippen LogP contribution >= 0.6 is 0 Å². The summed E-state index contributed by atoms with van der Waals surface area (Å²) in [4.78, 5) is 22.2. The summed E-state index contributed by atoms with van der Waals surface area (Å²) in [6, 6.07) is 4.23. The number of nitrogens with one attached hydrogen (secondary N) is 1. The Morgan fingerprint density at radius 1 is 1.32 bits per heavy atom. The van der Waals surface area contributed by atoms with Gasteiger partial charge in [0.05, 0.1) is 31.9 Å². The topological polar surface area (TPSA) is 66.9 Å². The quantitative estimate of drug-likeness (QED) is 0.850. The molecule has 1 unspecified atom stereocenters. The monoisotopic (exact) mass is 388 g/mol. The van der Waals surface area contributed by atoms with Crippen LogP contribution in [0.5, 0.6) is 0 Å². The second-order valence-electron chi connectivity index (χ2n) is 8.26. The highest BCUT2D eigenvalue weighted by Gasteiger charge is 2.40. The number of rotatable bonds is 3. The van der Waals surface area contributed by atoms with E-state index in [1.54, 1.807) is 6.20 Å². The molecule has 3 heterocycles. The molecule has 1 aliphatic carbocycles. The van der Waals surface area contributed by atoms with Crippen LogP contribution < -0.4 is 10.2 Å². The highest BCUT2D eigenvalue weighted by Crippen LogP contribution is 2.29. The van der Waals surface area contributed by atoms with E-state index in [9.17, 15) is 4.79 Å². The molecule has 2 aliphatic heterocycles. The van der Waals surface area contributed by atoms with Crippen molar-refractivity contribution in [1.82, 2.24) is 15.2 Å². The normalized spacial score (nSPS) is 26.8. The molecule has 1 atom stereocenters.